The number of nitrogens with two attached hydrogens (primary N) is 1. The van der Waals surface area contributed by atoms with E-state index in [0.29, 0.717) is 18.1 Å². The predicted octanol–water partition coefficient (Wildman–Crippen LogP) is 3.24. The number of carbonyl (C=O) groups is 1. The van der Waals surface area contributed by atoms with Crippen molar-refractivity contribution >= 4 is 6.03 Å². The van der Waals surface area contributed by atoms with Gasteiger partial charge in [0.1, 0.15) is 0 Å². The van der Waals surface area contributed by atoms with E-state index in [1.54, 1.807) is 0 Å². The molecule has 0 aromatic heterocycles. The lowest BCUT2D eigenvalue weighted by Crippen LogP contribution is -2.48. The van der Waals surface area contributed by atoms with Crippen LogP contribution in [0.2, 0.25) is 0 Å². The molecule has 154 valence electrons. The number of urea groups is 1. The van der Waals surface area contributed by atoms with Crippen molar-refractivity contribution in [1.29, 1.82) is 0 Å². The average molecular weight is 377 g/mol. The molecule has 0 bridgehead atoms. The van der Waals surface area contributed by atoms with Gasteiger partial charge in [0, 0.05) is 19.1 Å². The van der Waals surface area contributed by atoms with Crippen LogP contribution in [0.5, 0.6) is 0 Å². The molecular formula is C22H40N4O. The molecule has 0 aromatic rings. The summed E-state index contributed by atoms with van der Waals surface area (Å²) in [6, 6.07) is 1.65. The van der Waals surface area contributed by atoms with Gasteiger partial charge in [-0.25, -0.2) is 4.79 Å². The third-order valence-corrected chi connectivity index (χ3v) is 8.04. The fourth-order valence-corrected chi connectivity index (χ4v) is 6.53. The molecule has 3 saturated carbocycles. The number of rotatable bonds is 6. The van der Waals surface area contributed by atoms with Crippen molar-refractivity contribution in [3.05, 3.63) is 0 Å². The monoisotopic (exact) mass is 376 g/mol. The lowest BCUT2D eigenvalue weighted by molar-refractivity contribution is 0.0875. The lowest BCUT2D eigenvalue weighted by Gasteiger charge is -2.43. The van der Waals surface area contributed by atoms with Crippen LogP contribution in [0.4, 0.5) is 4.79 Å². The van der Waals surface area contributed by atoms with E-state index in [9.17, 15) is 4.79 Å². The van der Waals surface area contributed by atoms with Gasteiger partial charge >= 0.3 is 6.03 Å². The molecule has 1 aliphatic heterocycles. The highest BCUT2D eigenvalue weighted by Crippen LogP contribution is 2.43. The van der Waals surface area contributed by atoms with Crippen LogP contribution in [0.1, 0.15) is 77.0 Å². The van der Waals surface area contributed by atoms with E-state index in [-0.39, 0.29) is 6.03 Å². The summed E-state index contributed by atoms with van der Waals surface area (Å²) in [5.74, 6) is 2.57. The Morgan fingerprint density at radius 1 is 0.963 bits per heavy atom. The molecule has 4 aliphatic rings. The van der Waals surface area contributed by atoms with Crippen molar-refractivity contribution in [3.8, 4) is 0 Å². The third-order valence-electron chi connectivity index (χ3n) is 8.04. The number of fused-ring (bicyclic) bond motifs is 1. The number of hydrogen-bond acceptors (Lipinski definition) is 3. The SMILES string of the molecule is NCCNCC1CCC(C2CCC3NC(=O)N(C4CCCCC4)C3C2)CC1. The first-order valence-electron chi connectivity index (χ1n) is 11.8. The molecule has 3 atom stereocenters. The van der Waals surface area contributed by atoms with E-state index >= 15 is 0 Å². The zero-order chi connectivity index (χ0) is 18.6. The summed E-state index contributed by atoms with van der Waals surface area (Å²) in [6.07, 6.45) is 15.7. The molecule has 3 unspecified atom stereocenters. The van der Waals surface area contributed by atoms with Gasteiger partial charge in [0.05, 0.1) is 12.1 Å². The average Bonchev–Trinajstić information content (AvgIpc) is 3.04. The molecule has 2 amide bonds. The third kappa shape index (κ3) is 4.45. The number of nitrogens with zero attached hydrogens (tertiary/aromatic N) is 1. The number of amides is 2. The Morgan fingerprint density at radius 3 is 2.44 bits per heavy atom. The Balaban J connectivity index is 1.30. The van der Waals surface area contributed by atoms with Crippen LogP contribution in [0.15, 0.2) is 0 Å². The van der Waals surface area contributed by atoms with Gasteiger partial charge in [0.2, 0.25) is 0 Å². The van der Waals surface area contributed by atoms with Gasteiger partial charge in [-0.1, -0.05) is 19.3 Å². The Bertz CT molecular complexity index is 485. The molecule has 5 nitrogen and oxygen atoms in total. The van der Waals surface area contributed by atoms with Crippen molar-refractivity contribution in [1.82, 2.24) is 15.5 Å². The van der Waals surface area contributed by atoms with Gasteiger partial charge in [-0.05, 0) is 82.1 Å². The van der Waals surface area contributed by atoms with Gasteiger partial charge in [-0.15, -0.1) is 0 Å². The van der Waals surface area contributed by atoms with Crippen molar-refractivity contribution in [2.24, 2.45) is 23.5 Å². The molecule has 27 heavy (non-hydrogen) atoms. The topological polar surface area (TPSA) is 70.4 Å². The molecular weight excluding hydrogens is 336 g/mol. The molecule has 1 heterocycles. The van der Waals surface area contributed by atoms with Crippen molar-refractivity contribution < 1.29 is 4.79 Å². The summed E-state index contributed by atoms with van der Waals surface area (Å²) in [5.41, 5.74) is 5.59. The van der Waals surface area contributed by atoms with Gasteiger partial charge in [-0.3, -0.25) is 0 Å². The van der Waals surface area contributed by atoms with Gasteiger partial charge in [0.25, 0.3) is 0 Å². The zero-order valence-electron chi connectivity index (χ0n) is 17.0. The maximum atomic E-state index is 12.7. The molecule has 4 rings (SSSR count). The quantitative estimate of drug-likeness (QED) is 0.623. The van der Waals surface area contributed by atoms with Crippen molar-refractivity contribution in [3.63, 3.8) is 0 Å². The molecule has 0 spiro atoms. The minimum absolute atomic E-state index is 0.243. The molecule has 5 heteroatoms. The summed E-state index contributed by atoms with van der Waals surface area (Å²) in [7, 11) is 0. The molecule has 4 fully saturated rings. The van der Waals surface area contributed by atoms with Gasteiger partial charge in [-0.2, -0.15) is 0 Å². The Morgan fingerprint density at radius 2 is 1.70 bits per heavy atom. The largest absolute Gasteiger partial charge is 0.333 e. The predicted molar refractivity (Wildman–Crippen MR) is 110 cm³/mol. The fraction of sp³-hybridized carbons (Fsp3) is 0.955. The number of nitrogens with one attached hydrogen (secondary N) is 2. The van der Waals surface area contributed by atoms with E-state index in [1.807, 2.05) is 0 Å². The minimum atomic E-state index is 0.243. The normalized spacial score (nSPS) is 37.9. The lowest BCUT2D eigenvalue weighted by atomic mass is 9.69. The van der Waals surface area contributed by atoms with Crippen LogP contribution in [0.25, 0.3) is 0 Å². The highest BCUT2D eigenvalue weighted by Gasteiger charge is 2.47. The van der Waals surface area contributed by atoms with Crippen molar-refractivity contribution in [2.75, 3.05) is 19.6 Å². The number of hydrogen-bond donors (Lipinski definition) is 3. The molecule has 3 aliphatic carbocycles. The van der Waals surface area contributed by atoms with Crippen LogP contribution in [0, 0.1) is 17.8 Å². The molecule has 4 N–H and O–H groups in total. The van der Waals surface area contributed by atoms with E-state index in [2.05, 4.69) is 15.5 Å². The second-order valence-electron chi connectivity index (χ2n) is 9.67. The Hall–Kier alpha value is -0.810. The second kappa shape index (κ2) is 9.13. The highest BCUT2D eigenvalue weighted by molar-refractivity contribution is 5.78. The van der Waals surface area contributed by atoms with E-state index in [4.69, 9.17) is 5.73 Å². The molecule has 1 saturated heterocycles. The van der Waals surface area contributed by atoms with Crippen LogP contribution in [0.3, 0.4) is 0 Å². The minimum Gasteiger partial charge on any atom is -0.333 e. The zero-order valence-corrected chi connectivity index (χ0v) is 17.0. The van der Waals surface area contributed by atoms with Crippen LogP contribution < -0.4 is 16.4 Å². The summed E-state index contributed by atoms with van der Waals surface area (Å²) in [4.78, 5) is 15.0. The van der Waals surface area contributed by atoms with Gasteiger partial charge in [0.15, 0.2) is 0 Å². The van der Waals surface area contributed by atoms with Crippen molar-refractivity contribution in [2.45, 2.75) is 95.2 Å². The summed E-state index contributed by atoms with van der Waals surface area (Å²) < 4.78 is 0. The molecule has 0 aromatic carbocycles. The molecule has 0 radical (unpaired) electrons. The Kier molecular flexibility index (Phi) is 6.59. The first-order chi connectivity index (χ1) is 13.3. The van der Waals surface area contributed by atoms with Crippen LogP contribution in [-0.4, -0.2) is 48.7 Å². The highest BCUT2D eigenvalue weighted by atomic mass is 16.2. The summed E-state index contributed by atoms with van der Waals surface area (Å²) in [6.45, 7) is 2.83. The maximum absolute atomic E-state index is 12.7. The Labute approximate surface area is 165 Å². The van der Waals surface area contributed by atoms with Crippen LogP contribution >= 0.6 is 0 Å². The smallest absolute Gasteiger partial charge is 0.318 e. The van der Waals surface area contributed by atoms with Gasteiger partial charge < -0.3 is 21.3 Å². The maximum Gasteiger partial charge on any atom is 0.318 e. The van der Waals surface area contributed by atoms with E-state index < -0.39 is 0 Å². The van der Waals surface area contributed by atoms with E-state index in [1.165, 1.54) is 77.0 Å². The van der Waals surface area contributed by atoms with Crippen LogP contribution in [-0.2, 0) is 0 Å². The fourth-order valence-electron chi connectivity index (χ4n) is 6.53. The number of carbonyl (C=O) groups excluding carboxylic acids is 1. The standard InChI is InChI=1S/C22H40N4O/c23-12-13-24-15-16-6-8-17(9-7-16)18-10-11-20-21(14-18)26(22(27)25-20)19-4-2-1-3-5-19/h16-21,24H,1-15,23H2,(H,25,27). The first kappa shape index (κ1) is 19.5. The second-order valence-corrected chi connectivity index (χ2v) is 9.67. The summed E-state index contributed by atoms with van der Waals surface area (Å²) >= 11 is 0. The first-order valence-corrected chi connectivity index (χ1v) is 11.8. The van der Waals surface area contributed by atoms with E-state index in [0.717, 1.165) is 37.4 Å². The summed E-state index contributed by atoms with van der Waals surface area (Å²) in [5, 5.41) is 6.83.